The van der Waals surface area contributed by atoms with E-state index in [0.717, 1.165) is 9.53 Å². The highest BCUT2D eigenvalue weighted by molar-refractivity contribution is 14.1. The normalized spacial score (nSPS) is 10.4. The molecule has 0 aliphatic carbocycles. The third-order valence-corrected chi connectivity index (χ3v) is 1.70. The molecule has 1 heterocycles. The highest BCUT2D eigenvalue weighted by atomic mass is 127. The van der Waals surface area contributed by atoms with Crippen molar-refractivity contribution in [1.82, 2.24) is 5.48 Å². The lowest BCUT2D eigenvalue weighted by Gasteiger charge is -1.98. The predicted octanol–water partition coefficient (Wildman–Crippen LogP) is 1.93. The number of furan rings is 1. The fraction of sp³-hybridized carbons (Fsp3) is 0.429. The first kappa shape index (κ1) is 9.02. The van der Waals surface area contributed by atoms with Gasteiger partial charge in [0.05, 0.1) is 13.2 Å². The molecule has 0 bridgehead atoms. The Bertz CT molecular complexity index is 212. The Balaban J connectivity index is 2.27. The van der Waals surface area contributed by atoms with Crippen molar-refractivity contribution < 1.29 is 9.25 Å². The molecule has 0 saturated carbocycles. The summed E-state index contributed by atoms with van der Waals surface area (Å²) in [7, 11) is 0. The van der Waals surface area contributed by atoms with E-state index in [2.05, 4.69) is 28.1 Å². The summed E-state index contributed by atoms with van der Waals surface area (Å²) >= 11 is 2.13. The van der Waals surface area contributed by atoms with Crippen LogP contribution in [0.25, 0.3) is 0 Å². The Labute approximate surface area is 79.2 Å². The maximum atomic E-state index is 5.27. The molecule has 0 atom stereocenters. The maximum absolute atomic E-state index is 5.27. The molecule has 0 saturated heterocycles. The summed E-state index contributed by atoms with van der Waals surface area (Å²) in [4.78, 5) is 4.93. The van der Waals surface area contributed by atoms with Gasteiger partial charge in [-0.25, -0.2) is 0 Å². The molecule has 0 aliphatic rings. The Morgan fingerprint density at radius 2 is 2.45 bits per heavy atom. The average Bonchev–Trinajstić information content (AvgIpc) is 2.37. The molecule has 0 aliphatic heterocycles. The van der Waals surface area contributed by atoms with Crippen LogP contribution in [-0.2, 0) is 11.4 Å². The van der Waals surface area contributed by atoms with Crippen molar-refractivity contribution in [3.8, 4) is 0 Å². The van der Waals surface area contributed by atoms with Crippen molar-refractivity contribution in [1.29, 1.82) is 0 Å². The van der Waals surface area contributed by atoms with Crippen LogP contribution in [0.4, 0.5) is 0 Å². The number of nitrogens with one attached hydrogen (secondary N) is 1. The minimum absolute atomic E-state index is 0.622. The average molecular weight is 267 g/mol. The second-order valence-corrected chi connectivity index (χ2v) is 3.02. The molecule has 0 unspecified atom stereocenters. The van der Waals surface area contributed by atoms with E-state index in [-0.39, 0.29) is 0 Å². The number of rotatable bonds is 4. The van der Waals surface area contributed by atoms with Crippen LogP contribution in [0.3, 0.4) is 0 Å². The van der Waals surface area contributed by atoms with E-state index in [1.807, 2.05) is 19.1 Å². The first-order chi connectivity index (χ1) is 5.33. The fourth-order valence-electron chi connectivity index (χ4n) is 0.671. The topological polar surface area (TPSA) is 34.4 Å². The maximum Gasteiger partial charge on any atom is 0.164 e. The Hall–Kier alpha value is -0.0700. The van der Waals surface area contributed by atoms with Crippen LogP contribution in [0.2, 0.25) is 0 Å². The molecule has 0 aromatic carbocycles. The lowest BCUT2D eigenvalue weighted by atomic mass is 10.5. The summed E-state index contributed by atoms with van der Waals surface area (Å²) in [6.45, 7) is 3.22. The molecular weight excluding hydrogens is 257 g/mol. The molecule has 3 nitrogen and oxygen atoms in total. The van der Waals surface area contributed by atoms with Crippen molar-refractivity contribution in [2.24, 2.45) is 0 Å². The highest BCUT2D eigenvalue weighted by Crippen LogP contribution is 2.09. The Morgan fingerprint density at radius 1 is 1.64 bits per heavy atom. The molecule has 4 heteroatoms. The van der Waals surface area contributed by atoms with Crippen LogP contribution in [0.5, 0.6) is 0 Å². The first-order valence-corrected chi connectivity index (χ1v) is 4.49. The second kappa shape index (κ2) is 4.74. The molecule has 1 aromatic heterocycles. The van der Waals surface area contributed by atoms with E-state index in [0.29, 0.717) is 13.2 Å². The molecule has 1 aromatic rings. The molecule has 0 amide bonds. The summed E-state index contributed by atoms with van der Waals surface area (Å²) < 4.78 is 6.17. The van der Waals surface area contributed by atoms with Gasteiger partial charge in [-0.05, 0) is 41.6 Å². The summed E-state index contributed by atoms with van der Waals surface area (Å²) in [6.07, 6.45) is 0. The predicted molar refractivity (Wildman–Crippen MR) is 49.9 cm³/mol. The van der Waals surface area contributed by atoms with Crippen LogP contribution in [-0.4, -0.2) is 6.61 Å². The zero-order chi connectivity index (χ0) is 8.10. The van der Waals surface area contributed by atoms with Gasteiger partial charge in [-0.2, -0.15) is 5.48 Å². The van der Waals surface area contributed by atoms with Crippen LogP contribution in [0.1, 0.15) is 12.7 Å². The van der Waals surface area contributed by atoms with Crippen molar-refractivity contribution >= 4 is 22.6 Å². The molecule has 1 N–H and O–H groups in total. The molecule has 0 fully saturated rings. The van der Waals surface area contributed by atoms with Crippen molar-refractivity contribution in [3.63, 3.8) is 0 Å². The van der Waals surface area contributed by atoms with Gasteiger partial charge in [0, 0.05) is 0 Å². The first-order valence-electron chi connectivity index (χ1n) is 3.41. The third kappa shape index (κ3) is 3.22. The smallest absolute Gasteiger partial charge is 0.164 e. The van der Waals surface area contributed by atoms with Crippen LogP contribution >= 0.6 is 22.6 Å². The van der Waals surface area contributed by atoms with Crippen molar-refractivity contribution in [2.75, 3.05) is 6.61 Å². The van der Waals surface area contributed by atoms with E-state index in [1.54, 1.807) is 0 Å². The van der Waals surface area contributed by atoms with Crippen LogP contribution < -0.4 is 5.48 Å². The molecule has 0 radical (unpaired) electrons. The number of hydrogen-bond acceptors (Lipinski definition) is 3. The summed E-state index contributed by atoms with van der Waals surface area (Å²) in [5, 5.41) is 0. The standard InChI is InChI=1S/C7H10INO2/c1-2-10-9-5-6-3-4-7(8)11-6/h3-4,9H,2,5H2,1H3. The van der Waals surface area contributed by atoms with E-state index in [9.17, 15) is 0 Å². The molecular formula is C7H10INO2. The van der Waals surface area contributed by atoms with Crippen molar-refractivity contribution in [3.05, 3.63) is 21.7 Å². The summed E-state index contributed by atoms with van der Waals surface area (Å²) in [5.74, 6) is 0.892. The number of halogens is 1. The van der Waals surface area contributed by atoms with Crippen molar-refractivity contribution in [2.45, 2.75) is 13.5 Å². The molecule has 0 spiro atoms. The van der Waals surface area contributed by atoms with Gasteiger partial charge < -0.3 is 9.25 Å². The third-order valence-electron chi connectivity index (χ3n) is 1.12. The number of hydrogen-bond donors (Lipinski definition) is 1. The zero-order valence-corrected chi connectivity index (χ0v) is 8.42. The van der Waals surface area contributed by atoms with E-state index >= 15 is 0 Å². The minimum atomic E-state index is 0.622. The van der Waals surface area contributed by atoms with Gasteiger partial charge in [-0.3, -0.25) is 0 Å². The summed E-state index contributed by atoms with van der Waals surface area (Å²) in [5.41, 5.74) is 2.77. The van der Waals surface area contributed by atoms with Gasteiger partial charge in [0.1, 0.15) is 5.76 Å². The van der Waals surface area contributed by atoms with E-state index < -0.39 is 0 Å². The van der Waals surface area contributed by atoms with E-state index in [4.69, 9.17) is 9.25 Å². The molecule has 62 valence electrons. The Morgan fingerprint density at radius 3 is 3.00 bits per heavy atom. The van der Waals surface area contributed by atoms with E-state index in [1.165, 1.54) is 0 Å². The fourth-order valence-corrected chi connectivity index (χ4v) is 1.13. The largest absolute Gasteiger partial charge is 0.454 e. The number of hydroxylamine groups is 1. The lowest BCUT2D eigenvalue weighted by Crippen LogP contribution is -2.12. The summed E-state index contributed by atoms with van der Waals surface area (Å²) in [6, 6.07) is 3.84. The molecule has 11 heavy (non-hydrogen) atoms. The van der Waals surface area contributed by atoms with Gasteiger partial charge >= 0.3 is 0 Å². The van der Waals surface area contributed by atoms with Crippen LogP contribution in [0, 0.1) is 3.77 Å². The minimum Gasteiger partial charge on any atom is -0.454 e. The Kier molecular flexibility index (Phi) is 3.88. The zero-order valence-electron chi connectivity index (χ0n) is 6.26. The molecule has 1 rings (SSSR count). The SMILES string of the molecule is CCONCc1ccc(I)o1. The van der Waals surface area contributed by atoms with Gasteiger partial charge in [0.2, 0.25) is 0 Å². The van der Waals surface area contributed by atoms with Gasteiger partial charge in [-0.1, -0.05) is 0 Å². The van der Waals surface area contributed by atoms with Gasteiger partial charge in [0.25, 0.3) is 0 Å². The second-order valence-electron chi connectivity index (χ2n) is 1.96. The van der Waals surface area contributed by atoms with Crippen LogP contribution in [0.15, 0.2) is 16.5 Å². The quantitative estimate of drug-likeness (QED) is 0.514. The van der Waals surface area contributed by atoms with Gasteiger partial charge in [-0.15, -0.1) is 0 Å². The highest BCUT2D eigenvalue weighted by Gasteiger charge is 1.96. The lowest BCUT2D eigenvalue weighted by molar-refractivity contribution is 0.0424. The monoisotopic (exact) mass is 267 g/mol. The van der Waals surface area contributed by atoms with Gasteiger partial charge in [0.15, 0.2) is 3.77 Å².